The summed E-state index contributed by atoms with van der Waals surface area (Å²) in [4.78, 5) is 4.76. The van der Waals surface area contributed by atoms with Crippen LogP contribution >= 0.6 is 0 Å². The van der Waals surface area contributed by atoms with E-state index < -0.39 is 0 Å². The minimum Gasteiger partial charge on any atom is -0.249 e. The van der Waals surface area contributed by atoms with Gasteiger partial charge < -0.3 is 0 Å². The Labute approximate surface area is 176 Å². The van der Waals surface area contributed by atoms with E-state index in [2.05, 4.69) is 81.5 Å². The number of H-pyrrole nitrogens is 1. The molecule has 0 aliphatic carbocycles. The Bertz CT molecular complexity index is 1080. The van der Waals surface area contributed by atoms with Gasteiger partial charge >= 0.3 is 0 Å². The molecule has 4 rings (SSSR count). The van der Waals surface area contributed by atoms with E-state index in [0.29, 0.717) is 11.7 Å². The molecule has 0 atom stereocenters. The zero-order chi connectivity index (χ0) is 20.9. The van der Waals surface area contributed by atoms with E-state index in [-0.39, 0.29) is 0 Å². The van der Waals surface area contributed by atoms with E-state index in [1.807, 2.05) is 18.2 Å². The molecule has 2 aromatic carbocycles. The standard InChI is InChI=1S/C23H27N7/c1-4-21-24-22(30(27-21)14-13-16(2)3)15-17-9-11-18(12-10-17)19-7-5-6-8-20(19)23-25-28-29-26-23/h5-12,16H,4,13-15H2,1-3H3,(H,25,26,28,29). The highest BCUT2D eigenvalue weighted by Gasteiger charge is 2.12. The van der Waals surface area contributed by atoms with Crippen LogP contribution in [0.1, 0.15) is 44.4 Å². The molecule has 7 heteroatoms. The van der Waals surface area contributed by atoms with Crippen LogP contribution in [-0.2, 0) is 19.4 Å². The summed E-state index contributed by atoms with van der Waals surface area (Å²) < 4.78 is 2.08. The predicted molar refractivity (Wildman–Crippen MR) is 117 cm³/mol. The van der Waals surface area contributed by atoms with Crippen LogP contribution in [0.4, 0.5) is 0 Å². The fourth-order valence-electron chi connectivity index (χ4n) is 3.47. The molecule has 0 aliphatic heterocycles. The van der Waals surface area contributed by atoms with Crippen molar-refractivity contribution in [3.8, 4) is 22.5 Å². The smallest absolute Gasteiger partial charge is 0.180 e. The number of tetrazole rings is 1. The Morgan fingerprint density at radius 3 is 2.43 bits per heavy atom. The third-order valence-electron chi connectivity index (χ3n) is 5.18. The molecule has 0 amide bonds. The van der Waals surface area contributed by atoms with Crippen molar-refractivity contribution in [2.75, 3.05) is 0 Å². The molecule has 0 spiro atoms. The molecule has 4 aromatic rings. The molecule has 7 nitrogen and oxygen atoms in total. The van der Waals surface area contributed by atoms with Crippen LogP contribution in [0.15, 0.2) is 48.5 Å². The van der Waals surface area contributed by atoms with E-state index >= 15 is 0 Å². The third-order valence-corrected chi connectivity index (χ3v) is 5.18. The largest absolute Gasteiger partial charge is 0.249 e. The van der Waals surface area contributed by atoms with Crippen LogP contribution in [0.5, 0.6) is 0 Å². The van der Waals surface area contributed by atoms with Gasteiger partial charge in [-0.05, 0) is 39.5 Å². The molecule has 0 unspecified atom stereocenters. The van der Waals surface area contributed by atoms with Crippen LogP contribution < -0.4 is 0 Å². The minimum absolute atomic E-state index is 0.644. The lowest BCUT2D eigenvalue weighted by Crippen LogP contribution is -2.08. The van der Waals surface area contributed by atoms with E-state index in [0.717, 1.165) is 54.1 Å². The van der Waals surface area contributed by atoms with E-state index in [9.17, 15) is 0 Å². The molecule has 0 radical (unpaired) electrons. The van der Waals surface area contributed by atoms with Gasteiger partial charge in [0.2, 0.25) is 0 Å². The SMILES string of the molecule is CCc1nc(Cc2ccc(-c3ccccc3-c3nnn[nH]3)cc2)n(CCC(C)C)n1. The van der Waals surface area contributed by atoms with Gasteiger partial charge in [0.1, 0.15) is 5.82 Å². The van der Waals surface area contributed by atoms with Crippen molar-refractivity contribution in [1.29, 1.82) is 0 Å². The normalized spacial score (nSPS) is 11.3. The van der Waals surface area contributed by atoms with Crippen molar-refractivity contribution in [3.05, 3.63) is 65.7 Å². The second-order valence-electron chi connectivity index (χ2n) is 7.87. The van der Waals surface area contributed by atoms with Crippen molar-refractivity contribution in [2.45, 2.75) is 46.6 Å². The maximum Gasteiger partial charge on any atom is 0.180 e. The number of aromatic amines is 1. The molecule has 0 bridgehead atoms. The highest BCUT2D eigenvalue weighted by Crippen LogP contribution is 2.30. The van der Waals surface area contributed by atoms with E-state index in [1.54, 1.807) is 0 Å². The van der Waals surface area contributed by atoms with Gasteiger partial charge in [-0.2, -0.15) is 5.10 Å². The highest BCUT2D eigenvalue weighted by atomic mass is 15.5. The second kappa shape index (κ2) is 8.98. The number of aromatic nitrogens is 7. The predicted octanol–water partition coefficient (Wildman–Crippen LogP) is 4.32. The highest BCUT2D eigenvalue weighted by molar-refractivity contribution is 5.80. The van der Waals surface area contributed by atoms with Crippen molar-refractivity contribution >= 4 is 0 Å². The summed E-state index contributed by atoms with van der Waals surface area (Å²) in [6, 6.07) is 16.7. The maximum atomic E-state index is 4.76. The number of hydrogen-bond donors (Lipinski definition) is 1. The average molecular weight is 402 g/mol. The number of nitrogens with one attached hydrogen (secondary N) is 1. The topological polar surface area (TPSA) is 85.2 Å². The first-order valence-electron chi connectivity index (χ1n) is 10.5. The van der Waals surface area contributed by atoms with Gasteiger partial charge in [0.05, 0.1) is 0 Å². The molecule has 0 saturated heterocycles. The Kier molecular flexibility index (Phi) is 5.97. The zero-order valence-corrected chi connectivity index (χ0v) is 17.7. The molecule has 2 aromatic heterocycles. The Morgan fingerprint density at radius 1 is 1.00 bits per heavy atom. The minimum atomic E-state index is 0.644. The van der Waals surface area contributed by atoms with Crippen LogP contribution in [0.3, 0.4) is 0 Å². The Balaban J connectivity index is 1.57. The summed E-state index contributed by atoms with van der Waals surface area (Å²) >= 11 is 0. The molecule has 1 N–H and O–H groups in total. The summed E-state index contributed by atoms with van der Waals surface area (Å²) in [5.74, 6) is 3.26. The van der Waals surface area contributed by atoms with Gasteiger partial charge in [-0.25, -0.2) is 14.8 Å². The van der Waals surface area contributed by atoms with Crippen LogP contribution in [0.25, 0.3) is 22.5 Å². The number of hydrogen-bond acceptors (Lipinski definition) is 5. The Hall–Kier alpha value is -3.35. The maximum absolute atomic E-state index is 4.76. The fraction of sp³-hybridized carbons (Fsp3) is 0.348. The van der Waals surface area contributed by atoms with Crippen LogP contribution in [0, 0.1) is 5.92 Å². The average Bonchev–Trinajstić information content (AvgIpc) is 3.43. The first-order valence-corrected chi connectivity index (χ1v) is 10.5. The van der Waals surface area contributed by atoms with Gasteiger partial charge in [0.25, 0.3) is 0 Å². The van der Waals surface area contributed by atoms with Gasteiger partial charge in [-0.1, -0.05) is 69.3 Å². The molecule has 0 saturated carbocycles. The number of benzene rings is 2. The van der Waals surface area contributed by atoms with Gasteiger partial charge in [-0.15, -0.1) is 5.10 Å². The van der Waals surface area contributed by atoms with Gasteiger partial charge in [0, 0.05) is 24.9 Å². The molecule has 30 heavy (non-hydrogen) atoms. The van der Waals surface area contributed by atoms with Gasteiger partial charge in [-0.3, -0.25) is 0 Å². The van der Waals surface area contributed by atoms with Crippen molar-refractivity contribution in [3.63, 3.8) is 0 Å². The summed E-state index contributed by atoms with van der Waals surface area (Å²) in [7, 11) is 0. The van der Waals surface area contributed by atoms with Crippen LogP contribution in [0.2, 0.25) is 0 Å². The first kappa shape index (κ1) is 19.9. The van der Waals surface area contributed by atoms with Crippen molar-refractivity contribution < 1.29 is 0 Å². The van der Waals surface area contributed by atoms with Crippen LogP contribution in [-0.4, -0.2) is 35.4 Å². The molecular weight excluding hydrogens is 374 g/mol. The summed E-state index contributed by atoms with van der Waals surface area (Å²) in [5.41, 5.74) is 4.42. The zero-order valence-electron chi connectivity index (χ0n) is 17.7. The fourth-order valence-corrected chi connectivity index (χ4v) is 3.47. The Morgan fingerprint density at radius 2 is 1.77 bits per heavy atom. The lowest BCUT2D eigenvalue weighted by Gasteiger charge is -2.10. The number of aryl methyl sites for hydroxylation is 2. The molecule has 2 heterocycles. The summed E-state index contributed by atoms with van der Waals surface area (Å²) in [6.07, 6.45) is 2.73. The monoisotopic (exact) mass is 401 g/mol. The summed E-state index contributed by atoms with van der Waals surface area (Å²) in [6.45, 7) is 7.49. The lowest BCUT2D eigenvalue weighted by molar-refractivity contribution is 0.474. The summed E-state index contributed by atoms with van der Waals surface area (Å²) in [5, 5.41) is 19.0. The number of nitrogens with zero attached hydrogens (tertiary/aromatic N) is 6. The molecule has 0 fully saturated rings. The lowest BCUT2D eigenvalue weighted by atomic mass is 9.98. The number of rotatable bonds is 8. The molecular formula is C23H27N7. The molecule has 154 valence electrons. The van der Waals surface area contributed by atoms with E-state index in [1.165, 1.54) is 5.56 Å². The van der Waals surface area contributed by atoms with E-state index in [4.69, 9.17) is 4.98 Å². The van der Waals surface area contributed by atoms with Crippen molar-refractivity contribution in [1.82, 2.24) is 35.4 Å². The third kappa shape index (κ3) is 4.45. The van der Waals surface area contributed by atoms with Gasteiger partial charge in [0.15, 0.2) is 11.6 Å². The first-order chi connectivity index (χ1) is 14.6. The van der Waals surface area contributed by atoms with Crippen molar-refractivity contribution in [2.24, 2.45) is 5.92 Å². The molecule has 0 aliphatic rings. The quantitative estimate of drug-likeness (QED) is 0.475. The second-order valence-corrected chi connectivity index (χ2v) is 7.87.